The van der Waals surface area contributed by atoms with E-state index in [1.54, 1.807) is 18.2 Å². The number of carbonyl (C=O) groups is 1. The molecule has 1 fully saturated rings. The summed E-state index contributed by atoms with van der Waals surface area (Å²) < 4.78 is 5.09. The van der Waals surface area contributed by atoms with Gasteiger partial charge in [-0.1, -0.05) is 12.8 Å². The number of ether oxygens (including phenoxy) is 1. The van der Waals surface area contributed by atoms with Crippen LogP contribution in [0.2, 0.25) is 0 Å². The van der Waals surface area contributed by atoms with Crippen LogP contribution in [0.25, 0.3) is 0 Å². The number of rotatable bonds is 3. The van der Waals surface area contributed by atoms with Crippen LogP contribution in [0.5, 0.6) is 5.75 Å². The van der Waals surface area contributed by atoms with Gasteiger partial charge in [-0.2, -0.15) is 0 Å². The zero-order valence-electron chi connectivity index (χ0n) is 11.1. The summed E-state index contributed by atoms with van der Waals surface area (Å²) in [7, 11) is 1.51. The highest BCUT2D eigenvalue weighted by Gasteiger charge is 2.24. The fourth-order valence-corrected chi connectivity index (χ4v) is 2.38. The molecule has 0 radical (unpaired) electrons. The summed E-state index contributed by atoms with van der Waals surface area (Å²) in [6, 6.07) is 4.75. The fraction of sp³-hybridized carbons (Fsp3) is 0.500. The second kappa shape index (κ2) is 5.93. The van der Waals surface area contributed by atoms with E-state index in [2.05, 4.69) is 5.32 Å². The topological polar surface area (TPSA) is 84.6 Å². The Hall–Kier alpha value is -1.75. The van der Waals surface area contributed by atoms with E-state index < -0.39 is 6.10 Å². The highest BCUT2D eigenvalue weighted by molar-refractivity contribution is 5.95. The largest absolute Gasteiger partial charge is 0.495 e. The third-order valence-electron chi connectivity index (χ3n) is 3.54. The molecule has 0 heterocycles. The van der Waals surface area contributed by atoms with Crippen molar-refractivity contribution in [3.8, 4) is 5.75 Å². The lowest BCUT2D eigenvalue weighted by atomic mass is 9.92. The Bertz CT molecular complexity index is 462. The van der Waals surface area contributed by atoms with Crippen molar-refractivity contribution >= 4 is 11.6 Å². The predicted molar refractivity (Wildman–Crippen MR) is 73.1 cm³/mol. The van der Waals surface area contributed by atoms with Crippen molar-refractivity contribution in [1.29, 1.82) is 0 Å². The highest BCUT2D eigenvalue weighted by atomic mass is 16.5. The lowest BCUT2D eigenvalue weighted by molar-refractivity contribution is 0.0717. The molecule has 1 aromatic rings. The van der Waals surface area contributed by atoms with E-state index >= 15 is 0 Å². The van der Waals surface area contributed by atoms with Gasteiger partial charge in [0.05, 0.1) is 24.9 Å². The van der Waals surface area contributed by atoms with E-state index in [4.69, 9.17) is 10.5 Å². The molecule has 2 rings (SSSR count). The van der Waals surface area contributed by atoms with Gasteiger partial charge >= 0.3 is 0 Å². The van der Waals surface area contributed by atoms with Gasteiger partial charge in [-0.25, -0.2) is 0 Å². The molecule has 104 valence electrons. The minimum absolute atomic E-state index is 0.162. The molecule has 0 aliphatic heterocycles. The summed E-state index contributed by atoms with van der Waals surface area (Å²) in [5.41, 5.74) is 6.70. The molecule has 0 aromatic heterocycles. The van der Waals surface area contributed by atoms with Crippen LogP contribution >= 0.6 is 0 Å². The van der Waals surface area contributed by atoms with Gasteiger partial charge in [-0.15, -0.1) is 0 Å². The molecule has 4 N–H and O–H groups in total. The predicted octanol–water partition coefficient (Wildman–Crippen LogP) is 1.31. The quantitative estimate of drug-likeness (QED) is 0.719. The third-order valence-corrected chi connectivity index (χ3v) is 3.54. The first kappa shape index (κ1) is 13.7. The summed E-state index contributed by atoms with van der Waals surface area (Å²) in [6.07, 6.45) is 3.17. The molecule has 0 spiro atoms. The van der Waals surface area contributed by atoms with Crippen molar-refractivity contribution in [3.63, 3.8) is 0 Å². The van der Waals surface area contributed by atoms with E-state index in [1.807, 2.05) is 0 Å². The maximum atomic E-state index is 12.1. The Morgan fingerprint density at radius 1 is 1.42 bits per heavy atom. The van der Waals surface area contributed by atoms with Crippen molar-refractivity contribution in [2.45, 2.75) is 37.8 Å². The normalized spacial score (nSPS) is 22.8. The number of methoxy groups -OCH3 is 1. The lowest BCUT2D eigenvalue weighted by Crippen LogP contribution is -2.45. The fourth-order valence-electron chi connectivity index (χ4n) is 2.38. The molecule has 1 aliphatic rings. The number of aliphatic hydroxyl groups excluding tert-OH is 1. The maximum absolute atomic E-state index is 12.1. The maximum Gasteiger partial charge on any atom is 0.251 e. The smallest absolute Gasteiger partial charge is 0.251 e. The van der Waals surface area contributed by atoms with Gasteiger partial charge in [0.2, 0.25) is 0 Å². The molecule has 0 bridgehead atoms. The Morgan fingerprint density at radius 2 is 2.16 bits per heavy atom. The minimum Gasteiger partial charge on any atom is -0.495 e. The molecular formula is C14H20N2O3. The number of nitrogens with one attached hydrogen (secondary N) is 1. The van der Waals surface area contributed by atoms with Crippen molar-refractivity contribution in [3.05, 3.63) is 23.8 Å². The summed E-state index contributed by atoms with van der Waals surface area (Å²) >= 11 is 0. The van der Waals surface area contributed by atoms with Gasteiger partial charge < -0.3 is 20.9 Å². The first-order chi connectivity index (χ1) is 9.11. The van der Waals surface area contributed by atoms with Crippen molar-refractivity contribution in [2.24, 2.45) is 0 Å². The van der Waals surface area contributed by atoms with E-state index in [0.717, 1.165) is 25.7 Å². The standard InChI is InChI=1S/C14H20N2O3/c1-19-13-8-9(6-7-10(13)15)14(18)16-11-4-2-3-5-12(11)17/h6-8,11-12,17H,2-5,15H2,1H3,(H,16,18)/t11-,12-/m1/s1. The summed E-state index contributed by atoms with van der Waals surface area (Å²) in [5, 5.41) is 12.7. The van der Waals surface area contributed by atoms with Gasteiger partial charge in [0.15, 0.2) is 0 Å². The molecule has 5 nitrogen and oxygen atoms in total. The van der Waals surface area contributed by atoms with Crippen LogP contribution in [0.1, 0.15) is 36.0 Å². The average Bonchev–Trinajstić information content (AvgIpc) is 2.42. The van der Waals surface area contributed by atoms with Crippen LogP contribution in [-0.2, 0) is 0 Å². The Kier molecular flexibility index (Phi) is 4.27. The number of amides is 1. The number of nitrogen functional groups attached to an aromatic ring is 1. The molecule has 1 saturated carbocycles. The summed E-state index contributed by atoms with van der Waals surface area (Å²) in [4.78, 5) is 12.1. The third kappa shape index (κ3) is 3.17. The van der Waals surface area contributed by atoms with E-state index in [-0.39, 0.29) is 11.9 Å². The van der Waals surface area contributed by atoms with Gasteiger partial charge in [-0.05, 0) is 31.0 Å². The first-order valence-corrected chi connectivity index (χ1v) is 6.54. The summed E-state index contributed by atoms with van der Waals surface area (Å²) in [5.74, 6) is 0.279. The average molecular weight is 264 g/mol. The zero-order chi connectivity index (χ0) is 13.8. The molecule has 0 unspecified atom stereocenters. The van der Waals surface area contributed by atoms with Gasteiger partial charge in [0.25, 0.3) is 5.91 Å². The van der Waals surface area contributed by atoms with Gasteiger partial charge in [0.1, 0.15) is 5.75 Å². The van der Waals surface area contributed by atoms with Crippen LogP contribution in [0, 0.1) is 0 Å². The Labute approximate surface area is 112 Å². The van der Waals surface area contributed by atoms with Crippen molar-refractivity contribution in [1.82, 2.24) is 5.32 Å². The second-order valence-electron chi connectivity index (χ2n) is 4.89. The number of aliphatic hydroxyl groups is 1. The number of hydrogen-bond acceptors (Lipinski definition) is 4. The number of hydrogen-bond donors (Lipinski definition) is 3. The van der Waals surface area contributed by atoms with Crippen LogP contribution in [0.4, 0.5) is 5.69 Å². The second-order valence-corrected chi connectivity index (χ2v) is 4.89. The Balaban J connectivity index is 2.07. The number of nitrogens with two attached hydrogens (primary N) is 1. The van der Waals surface area contributed by atoms with Crippen LogP contribution < -0.4 is 15.8 Å². The molecule has 5 heteroatoms. The van der Waals surface area contributed by atoms with Crippen LogP contribution in [0.15, 0.2) is 18.2 Å². The van der Waals surface area contributed by atoms with E-state index in [9.17, 15) is 9.90 Å². The van der Waals surface area contributed by atoms with Crippen LogP contribution in [-0.4, -0.2) is 30.3 Å². The zero-order valence-corrected chi connectivity index (χ0v) is 11.1. The first-order valence-electron chi connectivity index (χ1n) is 6.54. The molecule has 1 aliphatic carbocycles. The molecule has 19 heavy (non-hydrogen) atoms. The molecule has 1 amide bonds. The highest BCUT2D eigenvalue weighted by Crippen LogP contribution is 2.23. The van der Waals surface area contributed by atoms with E-state index in [0.29, 0.717) is 17.0 Å². The van der Waals surface area contributed by atoms with E-state index in [1.165, 1.54) is 7.11 Å². The summed E-state index contributed by atoms with van der Waals surface area (Å²) in [6.45, 7) is 0. The number of carbonyl (C=O) groups excluding carboxylic acids is 1. The van der Waals surface area contributed by atoms with Crippen molar-refractivity contribution in [2.75, 3.05) is 12.8 Å². The van der Waals surface area contributed by atoms with Gasteiger partial charge in [-0.3, -0.25) is 4.79 Å². The SMILES string of the molecule is COc1cc(C(=O)N[C@@H]2CCCC[C@H]2O)ccc1N. The molecule has 2 atom stereocenters. The lowest BCUT2D eigenvalue weighted by Gasteiger charge is -2.28. The van der Waals surface area contributed by atoms with Crippen LogP contribution in [0.3, 0.4) is 0 Å². The molecular weight excluding hydrogens is 244 g/mol. The molecule has 1 aromatic carbocycles. The molecule has 0 saturated heterocycles. The Morgan fingerprint density at radius 3 is 2.84 bits per heavy atom. The van der Waals surface area contributed by atoms with Crippen molar-refractivity contribution < 1.29 is 14.6 Å². The monoisotopic (exact) mass is 264 g/mol. The number of benzene rings is 1. The minimum atomic E-state index is -0.451. The number of anilines is 1. The van der Waals surface area contributed by atoms with Gasteiger partial charge in [0, 0.05) is 5.56 Å².